The van der Waals surface area contributed by atoms with Gasteiger partial charge in [0.2, 0.25) is 5.95 Å². The number of hydrogen-bond acceptors (Lipinski definition) is 9. The SMILES string of the molecule is N[C@H]1CC[C@H](Nc2ncc3ncnc(Nc4cccc([N+](=O)[O-])c4)c3n2)CC1. The second-order valence-corrected chi connectivity index (χ2v) is 6.84. The zero-order chi connectivity index (χ0) is 19.5. The van der Waals surface area contributed by atoms with Gasteiger partial charge in [-0.3, -0.25) is 10.1 Å². The lowest BCUT2D eigenvalue weighted by atomic mass is 9.92. The predicted molar refractivity (Wildman–Crippen MR) is 105 cm³/mol. The maximum atomic E-state index is 11.0. The summed E-state index contributed by atoms with van der Waals surface area (Å²) in [6.07, 6.45) is 6.96. The van der Waals surface area contributed by atoms with Crippen molar-refractivity contribution in [2.45, 2.75) is 37.8 Å². The summed E-state index contributed by atoms with van der Waals surface area (Å²) in [6, 6.07) is 6.78. The summed E-state index contributed by atoms with van der Waals surface area (Å²) in [5, 5.41) is 17.4. The van der Waals surface area contributed by atoms with Gasteiger partial charge in [0.1, 0.15) is 17.4 Å². The van der Waals surface area contributed by atoms with E-state index in [0.29, 0.717) is 28.5 Å². The predicted octanol–water partition coefficient (Wildman–Crippen LogP) is 2.75. The summed E-state index contributed by atoms with van der Waals surface area (Å²) in [4.78, 5) is 27.9. The van der Waals surface area contributed by atoms with Gasteiger partial charge in [-0.25, -0.2) is 19.9 Å². The topological polar surface area (TPSA) is 145 Å². The molecule has 1 aromatic carbocycles. The van der Waals surface area contributed by atoms with Gasteiger partial charge < -0.3 is 16.4 Å². The second kappa shape index (κ2) is 7.69. The fraction of sp³-hybridized carbons (Fsp3) is 0.333. The molecule has 0 aliphatic heterocycles. The lowest BCUT2D eigenvalue weighted by Crippen LogP contribution is -2.33. The number of aromatic nitrogens is 4. The van der Waals surface area contributed by atoms with Gasteiger partial charge in [-0.15, -0.1) is 0 Å². The molecule has 144 valence electrons. The third-order valence-electron chi connectivity index (χ3n) is 4.80. The Labute approximate surface area is 160 Å². The smallest absolute Gasteiger partial charge is 0.271 e. The molecule has 1 aliphatic rings. The van der Waals surface area contributed by atoms with E-state index in [1.54, 1.807) is 18.3 Å². The largest absolute Gasteiger partial charge is 0.351 e. The van der Waals surface area contributed by atoms with Crippen LogP contribution in [-0.4, -0.2) is 36.9 Å². The molecule has 2 aromatic heterocycles. The molecule has 2 heterocycles. The fourth-order valence-corrected chi connectivity index (χ4v) is 3.30. The maximum Gasteiger partial charge on any atom is 0.271 e. The van der Waals surface area contributed by atoms with Gasteiger partial charge in [-0.05, 0) is 31.7 Å². The second-order valence-electron chi connectivity index (χ2n) is 6.84. The number of nitrogens with one attached hydrogen (secondary N) is 2. The van der Waals surface area contributed by atoms with Gasteiger partial charge in [-0.2, -0.15) is 0 Å². The van der Waals surface area contributed by atoms with E-state index < -0.39 is 4.92 Å². The average Bonchev–Trinajstić information content (AvgIpc) is 2.70. The molecule has 0 amide bonds. The van der Waals surface area contributed by atoms with Crippen molar-refractivity contribution in [3.63, 3.8) is 0 Å². The zero-order valence-electron chi connectivity index (χ0n) is 15.1. The van der Waals surface area contributed by atoms with E-state index in [1.165, 1.54) is 18.5 Å². The molecule has 1 fully saturated rings. The Kier molecular flexibility index (Phi) is 4.94. The Balaban J connectivity index is 1.60. The zero-order valence-corrected chi connectivity index (χ0v) is 15.1. The van der Waals surface area contributed by atoms with E-state index >= 15 is 0 Å². The normalized spacial score (nSPS) is 19.3. The first-order valence-electron chi connectivity index (χ1n) is 9.10. The van der Waals surface area contributed by atoms with Crippen molar-refractivity contribution < 1.29 is 4.92 Å². The molecule has 10 nitrogen and oxygen atoms in total. The van der Waals surface area contributed by atoms with Crippen LogP contribution in [-0.2, 0) is 0 Å². The van der Waals surface area contributed by atoms with Crippen LogP contribution in [0.4, 0.5) is 23.1 Å². The van der Waals surface area contributed by atoms with Gasteiger partial charge >= 0.3 is 0 Å². The molecule has 1 aliphatic carbocycles. The lowest BCUT2D eigenvalue weighted by molar-refractivity contribution is -0.384. The molecule has 3 aromatic rings. The standard InChI is InChI=1S/C18H20N8O2/c19-11-4-6-12(7-5-11)24-18-20-9-15-16(25-18)17(22-10-21-15)23-13-2-1-3-14(8-13)26(27)28/h1-3,8-12H,4-7,19H2,(H,20,24,25)(H,21,22,23)/t11-,12-. The monoisotopic (exact) mass is 380 g/mol. The van der Waals surface area contributed by atoms with Crippen LogP contribution in [0.5, 0.6) is 0 Å². The highest BCUT2D eigenvalue weighted by Gasteiger charge is 2.19. The third-order valence-corrected chi connectivity index (χ3v) is 4.80. The molecule has 28 heavy (non-hydrogen) atoms. The molecule has 4 N–H and O–H groups in total. The maximum absolute atomic E-state index is 11.0. The van der Waals surface area contributed by atoms with Gasteiger partial charge in [-0.1, -0.05) is 6.07 Å². The Morgan fingerprint density at radius 1 is 1.14 bits per heavy atom. The van der Waals surface area contributed by atoms with E-state index in [1.807, 2.05) is 0 Å². The summed E-state index contributed by atoms with van der Waals surface area (Å²) < 4.78 is 0. The van der Waals surface area contributed by atoms with Crippen molar-refractivity contribution >= 4 is 34.2 Å². The number of anilines is 3. The average molecular weight is 380 g/mol. The van der Waals surface area contributed by atoms with E-state index in [-0.39, 0.29) is 17.8 Å². The van der Waals surface area contributed by atoms with Crippen molar-refractivity contribution in [2.75, 3.05) is 10.6 Å². The van der Waals surface area contributed by atoms with E-state index in [9.17, 15) is 10.1 Å². The first-order valence-corrected chi connectivity index (χ1v) is 9.10. The number of fused-ring (bicyclic) bond motifs is 1. The van der Waals surface area contributed by atoms with Crippen molar-refractivity contribution in [3.8, 4) is 0 Å². The molecular formula is C18H20N8O2. The van der Waals surface area contributed by atoms with Crippen molar-refractivity contribution in [3.05, 3.63) is 46.9 Å². The van der Waals surface area contributed by atoms with Crippen LogP contribution >= 0.6 is 0 Å². The van der Waals surface area contributed by atoms with Gasteiger partial charge in [0.25, 0.3) is 5.69 Å². The molecule has 0 unspecified atom stereocenters. The highest BCUT2D eigenvalue weighted by molar-refractivity contribution is 5.87. The van der Waals surface area contributed by atoms with Gasteiger partial charge in [0.05, 0.1) is 11.1 Å². The number of benzene rings is 1. The molecule has 1 saturated carbocycles. The van der Waals surface area contributed by atoms with Crippen LogP contribution in [0.1, 0.15) is 25.7 Å². The molecular weight excluding hydrogens is 360 g/mol. The first-order chi connectivity index (χ1) is 13.6. The quantitative estimate of drug-likeness (QED) is 0.449. The van der Waals surface area contributed by atoms with Crippen LogP contribution in [0.25, 0.3) is 11.0 Å². The molecule has 0 saturated heterocycles. The van der Waals surface area contributed by atoms with Crippen molar-refractivity contribution in [2.24, 2.45) is 5.73 Å². The lowest BCUT2D eigenvalue weighted by Gasteiger charge is -2.26. The third kappa shape index (κ3) is 3.96. The number of nitrogens with two attached hydrogens (primary N) is 1. The summed E-state index contributed by atoms with van der Waals surface area (Å²) in [5.41, 5.74) is 7.63. The van der Waals surface area contributed by atoms with Crippen LogP contribution < -0.4 is 16.4 Å². The molecule has 0 spiro atoms. The van der Waals surface area contributed by atoms with Crippen molar-refractivity contribution in [1.82, 2.24) is 19.9 Å². The Morgan fingerprint density at radius 2 is 1.96 bits per heavy atom. The van der Waals surface area contributed by atoms with Crippen LogP contribution in [0.15, 0.2) is 36.8 Å². The molecule has 0 radical (unpaired) electrons. The van der Waals surface area contributed by atoms with Crippen LogP contribution in [0.2, 0.25) is 0 Å². The highest BCUT2D eigenvalue weighted by Crippen LogP contribution is 2.25. The van der Waals surface area contributed by atoms with Gasteiger partial charge in [0.15, 0.2) is 5.82 Å². The Hall–Kier alpha value is -3.40. The minimum atomic E-state index is -0.441. The number of rotatable bonds is 5. The van der Waals surface area contributed by atoms with E-state index in [0.717, 1.165) is 25.7 Å². The number of non-ortho nitro benzene ring substituents is 1. The van der Waals surface area contributed by atoms with Gasteiger partial charge in [0, 0.05) is 29.9 Å². The molecule has 10 heteroatoms. The van der Waals surface area contributed by atoms with Crippen LogP contribution in [0, 0.1) is 10.1 Å². The Morgan fingerprint density at radius 3 is 2.75 bits per heavy atom. The van der Waals surface area contributed by atoms with E-state index in [4.69, 9.17) is 5.73 Å². The summed E-state index contributed by atoms with van der Waals surface area (Å²) in [6.45, 7) is 0. The number of hydrogen-bond donors (Lipinski definition) is 3. The first kappa shape index (κ1) is 18.0. The Bertz CT molecular complexity index is 1000. The molecule has 0 bridgehead atoms. The molecule has 4 rings (SSSR count). The van der Waals surface area contributed by atoms with Crippen molar-refractivity contribution in [1.29, 1.82) is 0 Å². The highest BCUT2D eigenvalue weighted by atomic mass is 16.6. The summed E-state index contributed by atoms with van der Waals surface area (Å²) in [5.74, 6) is 0.964. The minimum Gasteiger partial charge on any atom is -0.351 e. The molecule has 0 atom stereocenters. The summed E-state index contributed by atoms with van der Waals surface area (Å²) in [7, 11) is 0. The fourth-order valence-electron chi connectivity index (χ4n) is 3.30. The number of nitrogens with zero attached hydrogens (tertiary/aromatic N) is 5. The van der Waals surface area contributed by atoms with E-state index in [2.05, 4.69) is 30.6 Å². The van der Waals surface area contributed by atoms with Crippen LogP contribution in [0.3, 0.4) is 0 Å². The number of nitro groups is 1. The minimum absolute atomic E-state index is 0.00384. The number of nitro benzene ring substituents is 1. The summed E-state index contributed by atoms with van der Waals surface area (Å²) >= 11 is 0.